The molecular weight excluding hydrogens is 272 g/mol. The summed E-state index contributed by atoms with van der Waals surface area (Å²) in [6.45, 7) is 2.97. The number of aliphatic hydroxyl groups is 1. The number of carbonyl (C=O) groups excluding carboxylic acids is 1. The molecule has 3 N–H and O–H groups in total. The quantitative estimate of drug-likeness (QED) is 0.776. The number of benzene rings is 1. The van der Waals surface area contributed by atoms with E-state index in [0.29, 0.717) is 5.75 Å². The Morgan fingerprint density at radius 3 is 3.10 bits per heavy atom. The van der Waals surface area contributed by atoms with Gasteiger partial charge in [-0.1, -0.05) is 6.07 Å². The molecule has 0 aliphatic carbocycles. The molecule has 1 heterocycles. The molecule has 5 heteroatoms. The molecule has 20 heavy (non-hydrogen) atoms. The van der Waals surface area contributed by atoms with Crippen LogP contribution in [0.4, 0.5) is 5.69 Å². The molecule has 0 bridgehead atoms. The van der Waals surface area contributed by atoms with Crippen LogP contribution in [0, 0.1) is 0 Å². The van der Waals surface area contributed by atoms with E-state index in [1.54, 1.807) is 18.7 Å². The lowest BCUT2D eigenvalue weighted by molar-refractivity contribution is 0.0724. The zero-order valence-corrected chi connectivity index (χ0v) is 12.8. The third kappa shape index (κ3) is 3.67. The Labute approximate surface area is 124 Å². The predicted molar refractivity (Wildman–Crippen MR) is 84.6 cm³/mol. The normalized spacial score (nSPS) is 16.8. The second kappa shape index (κ2) is 6.50. The third-order valence-corrected chi connectivity index (χ3v) is 4.34. The average Bonchev–Trinajstić information content (AvgIpc) is 2.44. The van der Waals surface area contributed by atoms with E-state index in [4.69, 9.17) is 0 Å². The summed E-state index contributed by atoms with van der Waals surface area (Å²) in [5.41, 5.74) is 1.98. The van der Waals surface area contributed by atoms with Gasteiger partial charge >= 0.3 is 0 Å². The second-order valence-corrected chi connectivity index (χ2v) is 6.34. The topological polar surface area (TPSA) is 61.4 Å². The van der Waals surface area contributed by atoms with Gasteiger partial charge in [-0.05, 0) is 43.7 Å². The standard InChI is InChI=1S/C15H22N2O2S/c1-15(19,10-20-2)9-17-14(18)12-5-3-7-13-11(12)6-4-8-16-13/h3,5,7,16,19H,4,6,8-10H2,1-2H3,(H,17,18). The van der Waals surface area contributed by atoms with Gasteiger partial charge in [-0.2, -0.15) is 11.8 Å². The molecule has 0 radical (unpaired) electrons. The van der Waals surface area contributed by atoms with Crippen LogP contribution in [0.5, 0.6) is 0 Å². The van der Waals surface area contributed by atoms with Gasteiger partial charge < -0.3 is 15.7 Å². The van der Waals surface area contributed by atoms with Gasteiger partial charge in [-0.25, -0.2) is 0 Å². The van der Waals surface area contributed by atoms with Crippen LogP contribution in [-0.4, -0.2) is 41.7 Å². The van der Waals surface area contributed by atoms with Crippen LogP contribution in [0.15, 0.2) is 18.2 Å². The lowest BCUT2D eigenvalue weighted by atomic mass is 9.97. The first-order valence-electron chi connectivity index (χ1n) is 6.89. The minimum absolute atomic E-state index is 0.105. The van der Waals surface area contributed by atoms with E-state index in [1.807, 2.05) is 24.5 Å². The average molecular weight is 294 g/mol. The molecule has 0 saturated heterocycles. The van der Waals surface area contributed by atoms with Crippen LogP contribution in [0.2, 0.25) is 0 Å². The van der Waals surface area contributed by atoms with Crippen LogP contribution >= 0.6 is 11.8 Å². The molecule has 4 nitrogen and oxygen atoms in total. The van der Waals surface area contributed by atoms with Crippen molar-refractivity contribution in [1.29, 1.82) is 0 Å². The summed E-state index contributed by atoms with van der Waals surface area (Å²) < 4.78 is 0. The SMILES string of the molecule is CSCC(C)(O)CNC(=O)c1cccc2c1CCCN2. The fourth-order valence-electron chi connectivity index (χ4n) is 2.45. The molecule has 1 aromatic carbocycles. The molecule has 1 amide bonds. The third-order valence-electron chi connectivity index (χ3n) is 3.42. The summed E-state index contributed by atoms with van der Waals surface area (Å²) in [7, 11) is 0. The summed E-state index contributed by atoms with van der Waals surface area (Å²) in [6, 6.07) is 5.76. The van der Waals surface area contributed by atoms with E-state index in [9.17, 15) is 9.90 Å². The highest BCUT2D eigenvalue weighted by Gasteiger charge is 2.22. The number of nitrogens with one attached hydrogen (secondary N) is 2. The van der Waals surface area contributed by atoms with Gasteiger partial charge in [0.2, 0.25) is 0 Å². The van der Waals surface area contributed by atoms with Crippen LogP contribution < -0.4 is 10.6 Å². The maximum absolute atomic E-state index is 12.3. The predicted octanol–water partition coefficient (Wildman–Crippen LogP) is 1.89. The van der Waals surface area contributed by atoms with Crippen molar-refractivity contribution < 1.29 is 9.90 Å². The van der Waals surface area contributed by atoms with Crippen LogP contribution in [-0.2, 0) is 6.42 Å². The molecule has 0 spiro atoms. The number of rotatable bonds is 5. The summed E-state index contributed by atoms with van der Waals surface area (Å²) >= 11 is 1.57. The number of fused-ring (bicyclic) bond motifs is 1. The first-order valence-corrected chi connectivity index (χ1v) is 8.28. The molecule has 0 fully saturated rings. The maximum atomic E-state index is 12.3. The zero-order chi connectivity index (χ0) is 14.6. The molecule has 0 aromatic heterocycles. The Balaban J connectivity index is 2.06. The number of carbonyl (C=O) groups is 1. The van der Waals surface area contributed by atoms with Gasteiger partial charge in [0, 0.05) is 30.1 Å². The van der Waals surface area contributed by atoms with Gasteiger partial charge in [-0.3, -0.25) is 4.79 Å². The first kappa shape index (κ1) is 15.2. The van der Waals surface area contributed by atoms with Crippen LogP contribution in [0.3, 0.4) is 0 Å². The Bertz CT molecular complexity index is 489. The molecule has 0 saturated carbocycles. The Morgan fingerprint density at radius 1 is 1.55 bits per heavy atom. The highest BCUT2D eigenvalue weighted by Crippen LogP contribution is 2.25. The van der Waals surface area contributed by atoms with Crippen LogP contribution in [0.25, 0.3) is 0 Å². The summed E-state index contributed by atoms with van der Waals surface area (Å²) in [5, 5.41) is 16.3. The van der Waals surface area contributed by atoms with Gasteiger partial charge in [0.15, 0.2) is 0 Å². The van der Waals surface area contributed by atoms with Crippen molar-refractivity contribution in [1.82, 2.24) is 5.32 Å². The van der Waals surface area contributed by atoms with E-state index in [0.717, 1.165) is 36.2 Å². The lowest BCUT2D eigenvalue weighted by Crippen LogP contribution is -2.42. The lowest BCUT2D eigenvalue weighted by Gasteiger charge is -2.24. The molecule has 1 aliphatic rings. The molecular formula is C15H22N2O2S. The van der Waals surface area contributed by atoms with Crippen molar-refractivity contribution in [3.05, 3.63) is 29.3 Å². The number of anilines is 1. The Morgan fingerprint density at radius 2 is 2.35 bits per heavy atom. The maximum Gasteiger partial charge on any atom is 0.251 e. The first-order chi connectivity index (χ1) is 9.53. The Kier molecular flexibility index (Phi) is 4.94. The van der Waals surface area contributed by atoms with Crippen molar-refractivity contribution in [3.8, 4) is 0 Å². The zero-order valence-electron chi connectivity index (χ0n) is 12.0. The highest BCUT2D eigenvalue weighted by molar-refractivity contribution is 7.98. The summed E-state index contributed by atoms with van der Waals surface area (Å²) in [5.74, 6) is 0.494. The smallest absolute Gasteiger partial charge is 0.251 e. The van der Waals surface area contributed by atoms with Gasteiger partial charge in [0.25, 0.3) is 5.91 Å². The summed E-state index contributed by atoms with van der Waals surface area (Å²) in [6.07, 6.45) is 3.91. The van der Waals surface area contributed by atoms with Crippen molar-refractivity contribution in [2.24, 2.45) is 0 Å². The van der Waals surface area contributed by atoms with Crippen molar-refractivity contribution in [2.75, 3.05) is 30.4 Å². The molecule has 1 unspecified atom stereocenters. The Hall–Kier alpha value is -1.20. The van der Waals surface area contributed by atoms with Crippen LogP contribution in [0.1, 0.15) is 29.3 Å². The van der Waals surface area contributed by atoms with E-state index in [2.05, 4.69) is 10.6 Å². The minimum Gasteiger partial charge on any atom is -0.387 e. The fraction of sp³-hybridized carbons (Fsp3) is 0.533. The van der Waals surface area contributed by atoms with Gasteiger partial charge in [0.1, 0.15) is 0 Å². The van der Waals surface area contributed by atoms with Crippen molar-refractivity contribution in [2.45, 2.75) is 25.4 Å². The van der Waals surface area contributed by atoms with Crippen molar-refractivity contribution >= 4 is 23.4 Å². The molecule has 110 valence electrons. The van der Waals surface area contributed by atoms with E-state index in [-0.39, 0.29) is 12.5 Å². The van der Waals surface area contributed by atoms with E-state index >= 15 is 0 Å². The largest absolute Gasteiger partial charge is 0.387 e. The number of hydrogen-bond donors (Lipinski definition) is 3. The number of thioether (sulfide) groups is 1. The van der Waals surface area contributed by atoms with Gasteiger partial charge in [0.05, 0.1) is 5.60 Å². The van der Waals surface area contributed by atoms with Gasteiger partial charge in [-0.15, -0.1) is 0 Å². The summed E-state index contributed by atoms with van der Waals surface area (Å²) in [4.78, 5) is 12.3. The molecule has 1 aliphatic heterocycles. The molecule has 1 atom stereocenters. The molecule has 2 rings (SSSR count). The van der Waals surface area contributed by atoms with E-state index in [1.165, 1.54) is 0 Å². The fourth-order valence-corrected chi connectivity index (χ4v) is 3.17. The molecule has 1 aromatic rings. The number of amides is 1. The van der Waals surface area contributed by atoms with Crippen molar-refractivity contribution in [3.63, 3.8) is 0 Å². The second-order valence-electron chi connectivity index (χ2n) is 5.47. The minimum atomic E-state index is -0.873. The van der Waals surface area contributed by atoms with E-state index < -0.39 is 5.60 Å². The number of hydrogen-bond acceptors (Lipinski definition) is 4. The highest BCUT2D eigenvalue weighted by atomic mass is 32.2. The monoisotopic (exact) mass is 294 g/mol.